The molecule has 12 heteroatoms. The monoisotopic (exact) mass is 527 g/mol. The molecule has 0 saturated carbocycles. The maximum Gasteiger partial charge on any atom is 0.295 e. The average Bonchev–Trinajstić information content (AvgIpc) is 3.22. The van der Waals surface area contributed by atoms with Gasteiger partial charge in [0.05, 0.1) is 11.4 Å². The minimum absolute atomic E-state index is 0.0528. The molecule has 0 radical (unpaired) electrons. The van der Waals surface area contributed by atoms with E-state index in [1.807, 2.05) is 6.07 Å². The Morgan fingerprint density at radius 2 is 1.64 bits per heavy atom. The number of halogens is 1. The van der Waals surface area contributed by atoms with Crippen LogP contribution in [0.1, 0.15) is 12.1 Å². The van der Waals surface area contributed by atoms with Gasteiger partial charge < -0.3 is 10.6 Å². The molecule has 186 valence electrons. The van der Waals surface area contributed by atoms with Crippen LogP contribution in [0, 0.1) is 6.92 Å². The van der Waals surface area contributed by atoms with Crippen molar-refractivity contribution in [1.29, 1.82) is 0 Å². The number of rotatable bonds is 7. The number of benzene rings is 2. The summed E-state index contributed by atoms with van der Waals surface area (Å²) in [7, 11) is 1.68. The molecular weight excluding hydrogens is 506 g/mol. The van der Waals surface area contributed by atoms with Gasteiger partial charge in [-0.2, -0.15) is 0 Å². The zero-order valence-corrected chi connectivity index (χ0v) is 20.9. The number of para-hydroxylation sites is 1. The summed E-state index contributed by atoms with van der Waals surface area (Å²) in [6.07, 6.45) is -0.241. The second kappa shape index (κ2) is 10.4. The summed E-state index contributed by atoms with van der Waals surface area (Å²) < 4.78 is 3.01. The van der Waals surface area contributed by atoms with E-state index in [0.29, 0.717) is 33.9 Å². The summed E-state index contributed by atoms with van der Waals surface area (Å²) in [5.41, 5.74) is 1.23. The van der Waals surface area contributed by atoms with E-state index in [4.69, 9.17) is 11.6 Å². The van der Waals surface area contributed by atoms with Crippen molar-refractivity contribution < 1.29 is 19.2 Å². The van der Waals surface area contributed by atoms with Gasteiger partial charge in [-0.25, -0.2) is 4.68 Å². The molecule has 36 heavy (non-hydrogen) atoms. The largest absolute Gasteiger partial charge is 0.326 e. The summed E-state index contributed by atoms with van der Waals surface area (Å²) in [5, 5.41) is 4.10. The third kappa shape index (κ3) is 5.21. The van der Waals surface area contributed by atoms with E-state index < -0.39 is 40.3 Å². The van der Waals surface area contributed by atoms with Crippen molar-refractivity contribution in [3.05, 3.63) is 75.7 Å². The lowest BCUT2D eigenvalue weighted by molar-refractivity contribution is -0.131. The summed E-state index contributed by atoms with van der Waals surface area (Å²) in [5.74, 6) is -1.80. The molecule has 2 heterocycles. The van der Waals surface area contributed by atoms with Crippen molar-refractivity contribution in [2.75, 3.05) is 17.2 Å². The molecule has 4 amide bonds. The zero-order valence-electron chi connectivity index (χ0n) is 19.4. The Bertz CT molecular complexity index is 1400. The SMILES string of the molecule is Cc1c(NC(=O)CN2C(=O)SC(CC(=O)Nc3ccc(Cl)cc3)C2=O)c(=O)n(-c2ccccc2)n1C. The Morgan fingerprint density at radius 3 is 2.31 bits per heavy atom. The van der Waals surface area contributed by atoms with Crippen molar-refractivity contribution >= 4 is 57.7 Å². The lowest BCUT2D eigenvalue weighted by atomic mass is 10.2. The molecular formula is C24H22ClN5O5S. The molecule has 0 aliphatic carbocycles. The highest BCUT2D eigenvalue weighted by Crippen LogP contribution is 2.29. The van der Waals surface area contributed by atoms with Crippen LogP contribution in [-0.2, 0) is 21.4 Å². The van der Waals surface area contributed by atoms with Crippen molar-refractivity contribution in [3.8, 4) is 5.69 Å². The molecule has 2 aromatic carbocycles. The number of hydrogen-bond acceptors (Lipinski definition) is 6. The average molecular weight is 528 g/mol. The highest BCUT2D eigenvalue weighted by molar-refractivity contribution is 8.15. The summed E-state index contributed by atoms with van der Waals surface area (Å²) in [6, 6.07) is 15.4. The minimum Gasteiger partial charge on any atom is -0.326 e. The molecule has 0 bridgehead atoms. The van der Waals surface area contributed by atoms with E-state index in [0.717, 1.165) is 4.90 Å². The number of anilines is 2. The number of aromatic nitrogens is 2. The van der Waals surface area contributed by atoms with E-state index >= 15 is 0 Å². The molecule has 0 spiro atoms. The maximum atomic E-state index is 13.0. The van der Waals surface area contributed by atoms with E-state index in [1.54, 1.807) is 67.2 Å². The van der Waals surface area contributed by atoms with E-state index in [2.05, 4.69) is 10.6 Å². The molecule has 1 atom stereocenters. The van der Waals surface area contributed by atoms with Gasteiger partial charge in [-0.3, -0.25) is 33.6 Å². The lowest BCUT2D eigenvalue weighted by Gasteiger charge is -2.13. The molecule has 1 aliphatic heterocycles. The standard InChI is InChI=1S/C24H22ClN5O5S/c1-14-21(23(34)30(28(14)2)17-6-4-3-5-7-17)27-20(32)13-29-22(33)18(36-24(29)35)12-19(31)26-16-10-8-15(25)9-11-16/h3-11,18H,12-13H2,1-2H3,(H,26,31)(H,27,32). The molecule has 10 nitrogen and oxygen atoms in total. The summed E-state index contributed by atoms with van der Waals surface area (Å²) in [6.45, 7) is 1.10. The van der Waals surface area contributed by atoms with Crippen LogP contribution in [-0.4, -0.2) is 49.0 Å². The van der Waals surface area contributed by atoms with Crippen molar-refractivity contribution in [2.24, 2.45) is 7.05 Å². The molecule has 1 aromatic heterocycles. The second-order valence-corrected chi connectivity index (χ2v) is 9.63. The van der Waals surface area contributed by atoms with Crippen LogP contribution in [0.25, 0.3) is 5.69 Å². The Kier molecular flexibility index (Phi) is 7.32. The number of hydrogen-bond donors (Lipinski definition) is 2. The zero-order chi connectivity index (χ0) is 26.0. The van der Waals surface area contributed by atoms with Gasteiger partial charge in [0.25, 0.3) is 10.8 Å². The van der Waals surface area contributed by atoms with Gasteiger partial charge in [-0.15, -0.1) is 0 Å². The second-order valence-electron chi connectivity index (χ2n) is 8.04. The molecule has 1 aliphatic rings. The maximum absolute atomic E-state index is 13.0. The predicted octanol–water partition coefficient (Wildman–Crippen LogP) is 3.17. The predicted molar refractivity (Wildman–Crippen MR) is 138 cm³/mol. The molecule has 4 rings (SSSR count). The number of amides is 4. The number of thioether (sulfide) groups is 1. The Balaban J connectivity index is 1.40. The van der Waals surface area contributed by atoms with Crippen molar-refractivity contribution in [1.82, 2.24) is 14.3 Å². The first-order valence-electron chi connectivity index (χ1n) is 10.9. The van der Waals surface area contributed by atoms with Gasteiger partial charge in [0.2, 0.25) is 17.7 Å². The fourth-order valence-electron chi connectivity index (χ4n) is 3.72. The van der Waals surface area contributed by atoms with Crippen LogP contribution in [0.5, 0.6) is 0 Å². The van der Waals surface area contributed by atoms with Crippen LogP contribution < -0.4 is 16.2 Å². The smallest absolute Gasteiger partial charge is 0.295 e. The topological polar surface area (TPSA) is 123 Å². The first-order chi connectivity index (χ1) is 17.2. The van der Waals surface area contributed by atoms with E-state index in [9.17, 15) is 24.0 Å². The fraction of sp³-hybridized carbons (Fsp3) is 0.208. The quantitative estimate of drug-likeness (QED) is 0.486. The third-order valence-electron chi connectivity index (χ3n) is 5.62. The minimum atomic E-state index is -0.952. The highest BCUT2D eigenvalue weighted by atomic mass is 35.5. The highest BCUT2D eigenvalue weighted by Gasteiger charge is 2.41. The molecule has 1 saturated heterocycles. The van der Waals surface area contributed by atoms with Gasteiger partial charge in [0.1, 0.15) is 17.5 Å². The van der Waals surface area contributed by atoms with E-state index in [1.165, 1.54) is 4.68 Å². The summed E-state index contributed by atoms with van der Waals surface area (Å²) >= 11 is 6.51. The van der Waals surface area contributed by atoms with Gasteiger partial charge >= 0.3 is 0 Å². The van der Waals surface area contributed by atoms with Crippen LogP contribution in [0.4, 0.5) is 16.2 Å². The Hall–Kier alpha value is -3.83. The number of imide groups is 1. The number of carbonyl (C=O) groups is 4. The van der Waals surface area contributed by atoms with Crippen LogP contribution >= 0.6 is 23.4 Å². The molecule has 2 N–H and O–H groups in total. The first-order valence-corrected chi connectivity index (χ1v) is 12.1. The number of nitrogens with one attached hydrogen (secondary N) is 2. The van der Waals surface area contributed by atoms with Crippen molar-refractivity contribution in [2.45, 2.75) is 18.6 Å². The van der Waals surface area contributed by atoms with Gasteiger partial charge in [-0.05, 0) is 43.3 Å². The van der Waals surface area contributed by atoms with E-state index in [-0.39, 0.29) is 12.1 Å². The number of nitrogens with zero attached hydrogens (tertiary/aromatic N) is 3. The van der Waals surface area contributed by atoms with Crippen LogP contribution in [0.2, 0.25) is 5.02 Å². The van der Waals surface area contributed by atoms with Crippen LogP contribution in [0.15, 0.2) is 59.4 Å². The molecule has 1 unspecified atom stereocenters. The fourth-order valence-corrected chi connectivity index (χ4v) is 4.83. The summed E-state index contributed by atoms with van der Waals surface area (Å²) in [4.78, 5) is 64.0. The van der Waals surface area contributed by atoms with Crippen LogP contribution in [0.3, 0.4) is 0 Å². The molecule has 1 fully saturated rings. The van der Waals surface area contributed by atoms with Gasteiger partial charge in [-0.1, -0.05) is 41.6 Å². The Labute approximate surface area is 215 Å². The molecule has 3 aromatic rings. The van der Waals surface area contributed by atoms with Gasteiger partial charge in [0.15, 0.2) is 0 Å². The van der Waals surface area contributed by atoms with Crippen molar-refractivity contribution in [3.63, 3.8) is 0 Å². The Morgan fingerprint density at radius 1 is 0.972 bits per heavy atom. The first kappa shape index (κ1) is 25.3. The normalized spacial score (nSPS) is 15.3. The lowest BCUT2D eigenvalue weighted by Crippen LogP contribution is -2.39. The van der Waals surface area contributed by atoms with Gasteiger partial charge in [0, 0.05) is 24.2 Å². The number of carbonyl (C=O) groups excluding carboxylic acids is 4. The third-order valence-corrected chi connectivity index (χ3v) is 6.95.